The van der Waals surface area contributed by atoms with Crippen LogP contribution in [0.15, 0.2) is 76.5 Å². The van der Waals surface area contributed by atoms with Crippen molar-refractivity contribution in [3.8, 4) is 0 Å². The zero-order valence-corrected chi connectivity index (χ0v) is 15.7. The molecule has 0 bridgehead atoms. The minimum atomic E-state index is -0.518. The van der Waals surface area contributed by atoms with Gasteiger partial charge < -0.3 is 5.32 Å². The molecule has 0 aromatic heterocycles. The average Bonchev–Trinajstić information content (AvgIpc) is 2.66. The molecule has 0 saturated heterocycles. The van der Waals surface area contributed by atoms with Crippen LogP contribution in [0.4, 0.5) is 11.4 Å². The van der Waals surface area contributed by atoms with Crippen LogP contribution >= 0.6 is 11.8 Å². The number of amides is 1. The highest BCUT2D eigenvalue weighted by Gasteiger charge is 2.11. The van der Waals surface area contributed by atoms with Gasteiger partial charge in [0.05, 0.1) is 4.92 Å². The maximum absolute atomic E-state index is 12.3. The Hall–Kier alpha value is -3.12. The Morgan fingerprint density at radius 2 is 1.74 bits per heavy atom. The number of hydrogen-bond donors (Lipinski definition) is 1. The molecule has 0 atom stereocenters. The van der Waals surface area contributed by atoms with Crippen molar-refractivity contribution < 1.29 is 9.72 Å². The molecule has 0 aliphatic rings. The summed E-state index contributed by atoms with van der Waals surface area (Å²) in [5, 5.41) is 13.6. The number of nitrogens with zero attached hydrogens (tertiary/aromatic N) is 1. The summed E-state index contributed by atoms with van der Waals surface area (Å²) in [4.78, 5) is 24.9. The van der Waals surface area contributed by atoms with Gasteiger partial charge in [0.1, 0.15) is 0 Å². The number of aryl methyl sites for hydroxylation is 2. The number of rotatable bonds is 5. The monoisotopic (exact) mass is 378 g/mol. The molecule has 0 spiro atoms. The summed E-state index contributed by atoms with van der Waals surface area (Å²) < 4.78 is 0. The maximum atomic E-state index is 12.3. The molecule has 5 nitrogen and oxygen atoms in total. The molecule has 0 heterocycles. The van der Waals surface area contributed by atoms with Gasteiger partial charge in [0.2, 0.25) is 0 Å². The van der Waals surface area contributed by atoms with Gasteiger partial charge in [-0.15, -0.1) is 0 Å². The van der Waals surface area contributed by atoms with E-state index in [1.165, 1.54) is 34.2 Å². The fraction of sp³-hybridized carbons (Fsp3) is 0.0952. The summed E-state index contributed by atoms with van der Waals surface area (Å²) in [6.07, 6.45) is 0. The Bertz CT molecular complexity index is 1000. The highest BCUT2D eigenvalue weighted by atomic mass is 32.2. The molecule has 0 unspecified atom stereocenters. The second-order valence-corrected chi connectivity index (χ2v) is 7.27. The van der Waals surface area contributed by atoms with E-state index in [1.807, 2.05) is 24.3 Å². The standard InChI is InChI=1S/C21H18N2O3S/c1-14-6-7-15(2)20(12-14)27-19-10-8-17(9-11-19)22-21(24)16-4-3-5-18(13-16)23(25)26/h3-13H,1-2H3,(H,22,24). The first-order chi connectivity index (χ1) is 12.9. The number of anilines is 1. The first-order valence-corrected chi connectivity index (χ1v) is 9.15. The molecule has 1 amide bonds. The lowest BCUT2D eigenvalue weighted by atomic mass is 10.2. The van der Waals surface area contributed by atoms with Gasteiger partial charge in [-0.2, -0.15) is 0 Å². The van der Waals surface area contributed by atoms with Crippen molar-refractivity contribution in [2.45, 2.75) is 23.6 Å². The zero-order valence-electron chi connectivity index (χ0n) is 14.9. The zero-order chi connectivity index (χ0) is 19.4. The van der Waals surface area contributed by atoms with Crippen LogP contribution in [0, 0.1) is 24.0 Å². The molecule has 0 radical (unpaired) electrons. The van der Waals surface area contributed by atoms with Crippen molar-refractivity contribution in [1.82, 2.24) is 0 Å². The van der Waals surface area contributed by atoms with E-state index in [4.69, 9.17) is 0 Å². The molecule has 136 valence electrons. The quantitative estimate of drug-likeness (QED) is 0.462. The molecular weight excluding hydrogens is 360 g/mol. The predicted octanol–water partition coefficient (Wildman–Crippen LogP) is 5.62. The number of nitro groups is 1. The summed E-state index contributed by atoms with van der Waals surface area (Å²) in [5.41, 5.74) is 3.20. The molecule has 0 fully saturated rings. The highest BCUT2D eigenvalue weighted by molar-refractivity contribution is 7.99. The van der Waals surface area contributed by atoms with Crippen LogP contribution < -0.4 is 5.32 Å². The van der Waals surface area contributed by atoms with Gasteiger partial charge in [-0.3, -0.25) is 14.9 Å². The van der Waals surface area contributed by atoms with Crippen molar-refractivity contribution in [2.75, 3.05) is 5.32 Å². The summed E-state index contributed by atoms with van der Waals surface area (Å²) >= 11 is 1.67. The molecule has 6 heteroatoms. The second-order valence-electron chi connectivity index (χ2n) is 6.16. The van der Waals surface area contributed by atoms with E-state index in [-0.39, 0.29) is 17.2 Å². The van der Waals surface area contributed by atoms with Crippen molar-refractivity contribution >= 4 is 29.0 Å². The normalized spacial score (nSPS) is 10.4. The largest absolute Gasteiger partial charge is 0.322 e. The van der Waals surface area contributed by atoms with E-state index in [9.17, 15) is 14.9 Å². The van der Waals surface area contributed by atoms with E-state index in [1.54, 1.807) is 17.8 Å². The third kappa shape index (κ3) is 4.74. The fourth-order valence-corrected chi connectivity index (χ4v) is 3.51. The summed E-state index contributed by atoms with van der Waals surface area (Å²) in [6.45, 7) is 4.14. The van der Waals surface area contributed by atoms with Gasteiger partial charge in [-0.1, -0.05) is 30.0 Å². The van der Waals surface area contributed by atoms with Crippen LogP contribution in [-0.2, 0) is 0 Å². The molecule has 0 saturated carbocycles. The summed E-state index contributed by atoms with van der Waals surface area (Å²) in [6, 6.07) is 19.5. The maximum Gasteiger partial charge on any atom is 0.270 e. The minimum Gasteiger partial charge on any atom is -0.322 e. The van der Waals surface area contributed by atoms with E-state index >= 15 is 0 Å². The number of nitro benzene ring substituents is 1. The Morgan fingerprint density at radius 1 is 1.00 bits per heavy atom. The van der Waals surface area contributed by atoms with Crippen LogP contribution in [0.2, 0.25) is 0 Å². The molecule has 1 N–H and O–H groups in total. The van der Waals surface area contributed by atoms with E-state index in [0.29, 0.717) is 5.69 Å². The average molecular weight is 378 g/mol. The van der Waals surface area contributed by atoms with Crippen molar-refractivity contribution in [3.05, 3.63) is 93.5 Å². The number of nitrogens with one attached hydrogen (secondary N) is 1. The van der Waals surface area contributed by atoms with Gasteiger partial charge in [-0.05, 0) is 61.4 Å². The Morgan fingerprint density at radius 3 is 2.44 bits per heavy atom. The Balaban J connectivity index is 1.70. The molecule has 27 heavy (non-hydrogen) atoms. The van der Waals surface area contributed by atoms with Crippen LogP contribution in [0.5, 0.6) is 0 Å². The van der Waals surface area contributed by atoms with Crippen molar-refractivity contribution in [2.24, 2.45) is 0 Å². The minimum absolute atomic E-state index is 0.108. The lowest BCUT2D eigenvalue weighted by Crippen LogP contribution is -2.11. The van der Waals surface area contributed by atoms with Gasteiger partial charge in [0, 0.05) is 33.2 Å². The first kappa shape index (κ1) is 18.7. The Labute approximate surface area is 161 Å². The molecule has 3 aromatic rings. The molecular formula is C21H18N2O3S. The molecule has 3 rings (SSSR count). The van der Waals surface area contributed by atoms with Gasteiger partial charge >= 0.3 is 0 Å². The van der Waals surface area contributed by atoms with E-state index in [0.717, 1.165) is 4.90 Å². The lowest BCUT2D eigenvalue weighted by Gasteiger charge is -2.09. The summed E-state index contributed by atoms with van der Waals surface area (Å²) in [7, 11) is 0. The predicted molar refractivity (Wildman–Crippen MR) is 108 cm³/mol. The third-order valence-corrected chi connectivity index (χ3v) is 5.17. The molecule has 3 aromatic carbocycles. The van der Waals surface area contributed by atoms with Crippen LogP contribution in [0.3, 0.4) is 0 Å². The fourth-order valence-electron chi connectivity index (χ4n) is 2.51. The van der Waals surface area contributed by atoms with Crippen molar-refractivity contribution in [1.29, 1.82) is 0 Å². The van der Waals surface area contributed by atoms with Gasteiger partial charge in [0.15, 0.2) is 0 Å². The number of benzene rings is 3. The number of carbonyl (C=O) groups is 1. The van der Waals surface area contributed by atoms with E-state index < -0.39 is 4.92 Å². The first-order valence-electron chi connectivity index (χ1n) is 8.33. The SMILES string of the molecule is Cc1ccc(C)c(Sc2ccc(NC(=O)c3cccc([N+](=O)[O-])c3)cc2)c1. The second kappa shape index (κ2) is 8.05. The molecule has 0 aliphatic heterocycles. The van der Waals surface area contributed by atoms with Crippen molar-refractivity contribution in [3.63, 3.8) is 0 Å². The number of carbonyl (C=O) groups excluding carboxylic acids is 1. The highest BCUT2D eigenvalue weighted by Crippen LogP contribution is 2.31. The number of non-ortho nitro benzene ring substituents is 1. The topological polar surface area (TPSA) is 72.2 Å². The smallest absolute Gasteiger partial charge is 0.270 e. The molecule has 0 aliphatic carbocycles. The van der Waals surface area contributed by atoms with Gasteiger partial charge in [-0.25, -0.2) is 0 Å². The van der Waals surface area contributed by atoms with Gasteiger partial charge in [0.25, 0.3) is 11.6 Å². The lowest BCUT2D eigenvalue weighted by molar-refractivity contribution is -0.384. The summed E-state index contributed by atoms with van der Waals surface area (Å²) in [5.74, 6) is -0.381. The van der Waals surface area contributed by atoms with Crippen LogP contribution in [0.25, 0.3) is 0 Å². The Kier molecular flexibility index (Phi) is 5.57. The number of hydrogen-bond acceptors (Lipinski definition) is 4. The van der Waals surface area contributed by atoms with Crippen LogP contribution in [0.1, 0.15) is 21.5 Å². The third-order valence-electron chi connectivity index (χ3n) is 4.00. The van der Waals surface area contributed by atoms with Crippen LogP contribution in [-0.4, -0.2) is 10.8 Å². The van der Waals surface area contributed by atoms with E-state index in [2.05, 4.69) is 37.4 Å².